The summed E-state index contributed by atoms with van der Waals surface area (Å²) < 4.78 is 28.9. The number of ether oxygens (including phenoxy) is 2. The lowest BCUT2D eigenvalue weighted by atomic mass is 10.3. The van der Waals surface area contributed by atoms with Crippen molar-refractivity contribution in [2.24, 2.45) is 0 Å². The molecule has 0 spiro atoms. The molecule has 1 fully saturated rings. The summed E-state index contributed by atoms with van der Waals surface area (Å²) in [7, 11) is -3.59. The molecule has 8 N–H and O–H groups in total. The van der Waals surface area contributed by atoms with Crippen LogP contribution in [-0.4, -0.2) is 82.6 Å². The van der Waals surface area contributed by atoms with Crippen molar-refractivity contribution in [2.45, 2.75) is 25.5 Å². The van der Waals surface area contributed by atoms with Gasteiger partial charge in [-0.1, -0.05) is 0 Å². The van der Waals surface area contributed by atoms with Crippen molar-refractivity contribution >= 4 is 30.5 Å². The van der Waals surface area contributed by atoms with E-state index in [4.69, 9.17) is 40.6 Å². The average Bonchev–Trinajstić information content (AvgIpc) is 3.21. The highest BCUT2D eigenvalue weighted by molar-refractivity contribution is 7.52. The van der Waals surface area contributed by atoms with Gasteiger partial charge in [0, 0.05) is 6.20 Å². The standard InChI is InChI=1S/C9H13N5O4.C8H12N3O5P/c10-9-12-7-6(8(17)13-9)11-3-14(7)4-18-5(1-15)2-16;9-7-1-2-11(8(12)10-7)3-6-4-16-17(13,14)5-15-6/h3,5,15-16H,1-2,4H2,(H3,10,12,13,17);1-2,6H,3-5H2,(H,13,14)(H2,9,10,12)/t;6-/m.0/s1. The number of fused-ring (bicyclic) bond motifs is 1. The molecule has 0 bridgehead atoms. The molecule has 35 heavy (non-hydrogen) atoms. The number of aromatic nitrogens is 6. The lowest BCUT2D eigenvalue weighted by Crippen LogP contribution is -2.34. The van der Waals surface area contributed by atoms with Gasteiger partial charge in [-0.05, 0) is 6.07 Å². The predicted octanol–water partition coefficient (Wildman–Crippen LogP) is -2.59. The van der Waals surface area contributed by atoms with Crippen molar-refractivity contribution in [2.75, 3.05) is 37.6 Å². The third kappa shape index (κ3) is 7.15. The first-order valence-electron chi connectivity index (χ1n) is 10.1. The molecule has 0 saturated carbocycles. The maximum Gasteiger partial charge on any atom is 0.353 e. The highest BCUT2D eigenvalue weighted by atomic mass is 31.2. The number of H-pyrrole nitrogens is 1. The predicted molar refractivity (Wildman–Crippen MR) is 120 cm³/mol. The number of hydrogen-bond donors (Lipinski definition) is 6. The first kappa shape index (κ1) is 26.4. The molecular formula is C17H25N8O9P. The lowest BCUT2D eigenvalue weighted by Gasteiger charge is -2.26. The van der Waals surface area contributed by atoms with Crippen molar-refractivity contribution < 1.29 is 33.7 Å². The Bertz CT molecular complexity index is 1290. The number of nitrogens with zero attached hydrogens (tertiary/aromatic N) is 5. The van der Waals surface area contributed by atoms with Gasteiger partial charge in [0.15, 0.2) is 11.2 Å². The van der Waals surface area contributed by atoms with Crippen LogP contribution in [0.5, 0.6) is 0 Å². The molecule has 2 atom stereocenters. The van der Waals surface area contributed by atoms with Crippen LogP contribution in [0.1, 0.15) is 0 Å². The Morgan fingerprint density at radius 1 is 1.26 bits per heavy atom. The van der Waals surface area contributed by atoms with Crippen LogP contribution >= 0.6 is 7.60 Å². The summed E-state index contributed by atoms with van der Waals surface area (Å²) in [5.74, 6) is 0.127. The second-order valence-corrected chi connectivity index (χ2v) is 9.05. The van der Waals surface area contributed by atoms with Crippen LogP contribution in [-0.2, 0) is 31.8 Å². The summed E-state index contributed by atoms with van der Waals surface area (Å²) in [5.41, 5.74) is 10.3. The van der Waals surface area contributed by atoms with Gasteiger partial charge in [0.1, 0.15) is 31.1 Å². The summed E-state index contributed by atoms with van der Waals surface area (Å²) in [6.07, 6.45) is 1.35. The van der Waals surface area contributed by atoms with Crippen LogP contribution in [0.2, 0.25) is 0 Å². The molecular weight excluding hydrogens is 491 g/mol. The average molecular weight is 516 g/mol. The maximum atomic E-state index is 11.5. The summed E-state index contributed by atoms with van der Waals surface area (Å²) in [6.45, 7) is -0.451. The van der Waals surface area contributed by atoms with Gasteiger partial charge in [-0.25, -0.2) is 9.78 Å². The molecule has 1 aliphatic heterocycles. The van der Waals surface area contributed by atoms with Gasteiger partial charge >= 0.3 is 13.3 Å². The van der Waals surface area contributed by atoms with Gasteiger partial charge in [-0.3, -0.25) is 23.5 Å². The number of anilines is 2. The van der Waals surface area contributed by atoms with Crippen molar-refractivity contribution in [1.29, 1.82) is 0 Å². The van der Waals surface area contributed by atoms with Crippen LogP contribution < -0.4 is 22.7 Å². The Labute approximate surface area is 196 Å². The second kappa shape index (κ2) is 11.5. The van der Waals surface area contributed by atoms with Crippen LogP contribution in [0.3, 0.4) is 0 Å². The summed E-state index contributed by atoms with van der Waals surface area (Å²) >= 11 is 0. The van der Waals surface area contributed by atoms with E-state index in [2.05, 4.69) is 19.9 Å². The normalized spacial score (nSPS) is 20.1. The van der Waals surface area contributed by atoms with Crippen LogP contribution in [0, 0.1) is 0 Å². The van der Waals surface area contributed by atoms with E-state index in [-0.39, 0.29) is 62.4 Å². The maximum absolute atomic E-state index is 11.5. The topological polar surface area (TPSA) is 256 Å². The molecule has 0 aliphatic carbocycles. The Hall–Kier alpha value is -3.18. The highest BCUT2D eigenvalue weighted by Gasteiger charge is 2.29. The fraction of sp³-hybridized carbons (Fsp3) is 0.471. The zero-order chi connectivity index (χ0) is 25.6. The molecule has 0 aromatic carbocycles. The molecule has 1 unspecified atom stereocenters. The number of rotatable bonds is 7. The van der Waals surface area contributed by atoms with E-state index in [0.717, 1.165) is 0 Å². The molecule has 1 saturated heterocycles. The fourth-order valence-electron chi connectivity index (χ4n) is 2.80. The summed E-state index contributed by atoms with van der Waals surface area (Å²) in [4.78, 5) is 45.7. The fourth-order valence-corrected chi connectivity index (χ4v) is 3.68. The van der Waals surface area contributed by atoms with E-state index < -0.39 is 31.1 Å². The van der Waals surface area contributed by atoms with E-state index in [0.29, 0.717) is 0 Å². The van der Waals surface area contributed by atoms with Gasteiger partial charge < -0.3 is 40.6 Å². The number of imidazole rings is 1. The van der Waals surface area contributed by atoms with Crippen LogP contribution in [0.15, 0.2) is 28.2 Å². The van der Waals surface area contributed by atoms with E-state index in [1.165, 1.54) is 27.7 Å². The smallest absolute Gasteiger partial charge is 0.353 e. The first-order chi connectivity index (χ1) is 16.6. The Morgan fingerprint density at radius 2 is 2.00 bits per heavy atom. The van der Waals surface area contributed by atoms with Crippen molar-refractivity contribution in [3.8, 4) is 0 Å². The highest BCUT2D eigenvalue weighted by Crippen LogP contribution is 2.44. The molecule has 17 nitrogen and oxygen atoms in total. The van der Waals surface area contributed by atoms with E-state index in [9.17, 15) is 14.2 Å². The molecule has 1 aliphatic rings. The number of nitrogen functional groups attached to an aromatic ring is 2. The van der Waals surface area contributed by atoms with E-state index in [1.807, 2.05) is 0 Å². The number of nitrogens with one attached hydrogen (secondary N) is 1. The molecule has 192 valence electrons. The van der Waals surface area contributed by atoms with Gasteiger partial charge in [-0.15, -0.1) is 0 Å². The second-order valence-electron chi connectivity index (χ2n) is 7.26. The third-order valence-electron chi connectivity index (χ3n) is 4.58. The number of hydrogen-bond acceptors (Lipinski definition) is 13. The Kier molecular flexibility index (Phi) is 8.68. The minimum atomic E-state index is -3.59. The number of nitrogens with two attached hydrogens (primary N) is 2. The van der Waals surface area contributed by atoms with Crippen molar-refractivity contribution in [3.05, 3.63) is 39.4 Å². The van der Waals surface area contributed by atoms with E-state index >= 15 is 0 Å². The Balaban J connectivity index is 0.000000196. The minimum absolute atomic E-state index is 0.00181. The molecule has 3 aromatic rings. The van der Waals surface area contributed by atoms with Crippen LogP contribution in [0.4, 0.5) is 11.8 Å². The zero-order valence-electron chi connectivity index (χ0n) is 18.3. The molecule has 4 heterocycles. The molecule has 4 rings (SSSR count). The first-order valence-corrected chi connectivity index (χ1v) is 11.8. The zero-order valence-corrected chi connectivity index (χ0v) is 19.2. The lowest BCUT2D eigenvalue weighted by molar-refractivity contribution is -0.0488. The molecule has 18 heteroatoms. The number of aliphatic hydroxyl groups is 2. The van der Waals surface area contributed by atoms with Gasteiger partial charge in [-0.2, -0.15) is 9.97 Å². The monoisotopic (exact) mass is 516 g/mol. The SMILES string of the molecule is Nc1ccn(C[C@H]2COP(=O)(O)CO2)c(=O)n1.Nc1nc2c(ncn2COC(CO)CO)c(=O)[nH]1. The molecule has 3 aromatic heterocycles. The van der Waals surface area contributed by atoms with Gasteiger partial charge in [0.2, 0.25) is 5.95 Å². The van der Waals surface area contributed by atoms with Crippen LogP contribution in [0.25, 0.3) is 11.2 Å². The largest absolute Gasteiger partial charge is 0.394 e. The van der Waals surface area contributed by atoms with Gasteiger partial charge in [0.25, 0.3) is 5.56 Å². The Morgan fingerprint density at radius 3 is 2.63 bits per heavy atom. The minimum Gasteiger partial charge on any atom is -0.394 e. The number of aromatic amines is 1. The summed E-state index contributed by atoms with van der Waals surface area (Å²) in [6, 6.07) is 1.49. The third-order valence-corrected chi connectivity index (χ3v) is 5.61. The molecule has 0 radical (unpaired) electrons. The quantitative estimate of drug-likeness (QED) is 0.176. The van der Waals surface area contributed by atoms with Gasteiger partial charge in [0.05, 0.1) is 32.7 Å². The van der Waals surface area contributed by atoms with Crippen molar-refractivity contribution in [3.63, 3.8) is 0 Å². The number of aliphatic hydroxyl groups excluding tert-OH is 2. The van der Waals surface area contributed by atoms with Crippen molar-refractivity contribution in [1.82, 2.24) is 29.1 Å². The molecule has 0 amide bonds. The summed E-state index contributed by atoms with van der Waals surface area (Å²) in [5, 5.41) is 17.7. The van der Waals surface area contributed by atoms with E-state index in [1.54, 1.807) is 0 Å².